The van der Waals surface area contributed by atoms with Crippen LogP contribution in [0.1, 0.15) is 143 Å². The van der Waals surface area contributed by atoms with Crippen molar-refractivity contribution < 1.29 is 56.1 Å². The van der Waals surface area contributed by atoms with Gasteiger partial charge < -0.3 is 40.6 Å². The molecule has 0 bridgehead atoms. The molecule has 22 heteroatoms. The van der Waals surface area contributed by atoms with E-state index in [0.29, 0.717) is 41.7 Å². The van der Waals surface area contributed by atoms with Gasteiger partial charge in [0.15, 0.2) is 46.1 Å². The number of amides is 4. The zero-order valence-electron chi connectivity index (χ0n) is 45.9. The fourth-order valence-electron chi connectivity index (χ4n) is 10.2. The number of benzene rings is 4. The van der Waals surface area contributed by atoms with Crippen LogP contribution in [0.3, 0.4) is 0 Å². The summed E-state index contributed by atoms with van der Waals surface area (Å²) < 4.78 is 74.5. The first-order valence-corrected chi connectivity index (χ1v) is 26.0. The van der Waals surface area contributed by atoms with Gasteiger partial charge in [-0.05, 0) is 129 Å². The molecule has 0 unspecified atom stereocenters. The molecule has 4 heterocycles. The fraction of sp³-hybridized carbons (Fsp3) is 0.267. The molecular formula is C60H58F4N10O8. The number of fused-ring (bicyclic) bond motifs is 4. The summed E-state index contributed by atoms with van der Waals surface area (Å²) in [5, 5.41) is 29.0. The fourth-order valence-corrected chi connectivity index (χ4v) is 10.2. The lowest BCUT2D eigenvalue weighted by Crippen LogP contribution is -2.30. The topological polar surface area (TPSA) is 225 Å². The van der Waals surface area contributed by atoms with Crippen molar-refractivity contribution in [2.45, 2.75) is 91.1 Å². The van der Waals surface area contributed by atoms with Crippen molar-refractivity contribution >= 4 is 46.4 Å². The first-order valence-electron chi connectivity index (χ1n) is 26.0. The van der Waals surface area contributed by atoms with E-state index < -0.39 is 46.9 Å². The first-order chi connectivity index (χ1) is 39.0. The second-order valence-electron chi connectivity index (χ2n) is 20.6. The lowest BCUT2D eigenvalue weighted by Gasteiger charge is -2.24. The van der Waals surface area contributed by atoms with Crippen LogP contribution in [0, 0.1) is 37.1 Å². The minimum atomic E-state index is -0.791. The van der Waals surface area contributed by atoms with Crippen molar-refractivity contribution in [2.75, 3.05) is 14.2 Å². The summed E-state index contributed by atoms with van der Waals surface area (Å²) in [6.45, 7) is 17.6. The number of methoxy groups -OCH3 is 2. The van der Waals surface area contributed by atoms with E-state index >= 15 is 0 Å². The third kappa shape index (κ3) is 11.8. The van der Waals surface area contributed by atoms with Gasteiger partial charge in [0.25, 0.3) is 23.6 Å². The molecule has 4 aromatic heterocycles. The normalized spacial score (nSPS) is 14.3. The third-order valence-corrected chi connectivity index (χ3v) is 14.2. The highest BCUT2D eigenvalue weighted by Gasteiger charge is 2.31. The lowest BCUT2D eigenvalue weighted by molar-refractivity contribution is 0.0916. The average Bonchev–Trinajstić information content (AvgIpc) is 4.26. The molecular weight excluding hydrogens is 1060 g/mol. The van der Waals surface area contributed by atoms with Crippen LogP contribution in [0.4, 0.5) is 17.6 Å². The summed E-state index contributed by atoms with van der Waals surface area (Å²) in [6, 6.07) is 17.7. The lowest BCUT2D eigenvalue weighted by atomic mass is 9.97. The number of rotatable bonds is 15. The van der Waals surface area contributed by atoms with Crippen LogP contribution in [0.2, 0.25) is 0 Å². The predicted octanol–water partition coefficient (Wildman–Crippen LogP) is 9.66. The number of aromatic nitrogens is 6. The molecule has 10 rings (SSSR count). The highest BCUT2D eigenvalue weighted by Crippen LogP contribution is 2.38. The summed E-state index contributed by atoms with van der Waals surface area (Å²) in [5.74, 6) is -4.40. The Bertz CT molecular complexity index is 3910. The molecule has 4 amide bonds. The summed E-state index contributed by atoms with van der Waals surface area (Å²) in [7, 11) is 2.68. The predicted molar refractivity (Wildman–Crippen MR) is 295 cm³/mol. The van der Waals surface area contributed by atoms with Gasteiger partial charge in [-0.15, -0.1) is 0 Å². The Morgan fingerprint density at radius 2 is 1.05 bits per heavy atom. The number of nitrogens with one attached hydrogen (secondary N) is 4. The van der Waals surface area contributed by atoms with E-state index in [1.165, 1.54) is 62.8 Å². The van der Waals surface area contributed by atoms with Crippen LogP contribution >= 0.6 is 0 Å². The molecule has 18 nitrogen and oxygen atoms in total. The second kappa shape index (κ2) is 23.2. The molecule has 2 aliphatic carbocycles. The van der Waals surface area contributed by atoms with E-state index in [0.717, 1.165) is 66.8 Å². The molecule has 2 atom stereocenters. The Morgan fingerprint density at radius 3 is 1.46 bits per heavy atom. The quantitative estimate of drug-likeness (QED) is 0.0478. The van der Waals surface area contributed by atoms with Crippen LogP contribution in [-0.4, -0.2) is 77.8 Å². The largest absolute Gasteiger partial charge is 0.508 e. The molecule has 2 aliphatic rings. The average molecular weight is 1120 g/mol. The minimum absolute atomic E-state index is 0.0199. The Balaban J connectivity index is 0.000000198. The molecule has 0 saturated heterocycles. The van der Waals surface area contributed by atoms with Crippen LogP contribution in [0.15, 0.2) is 98.3 Å². The van der Waals surface area contributed by atoms with Gasteiger partial charge in [0.1, 0.15) is 39.9 Å². The van der Waals surface area contributed by atoms with Crippen molar-refractivity contribution in [1.29, 1.82) is 0 Å². The first kappa shape index (κ1) is 57.1. The molecule has 8 aromatic rings. The Hall–Kier alpha value is -9.60. The van der Waals surface area contributed by atoms with Crippen molar-refractivity contribution in [3.05, 3.63) is 200 Å². The van der Waals surface area contributed by atoms with Crippen molar-refractivity contribution in [1.82, 2.24) is 50.5 Å². The monoisotopic (exact) mass is 1120 g/mol. The van der Waals surface area contributed by atoms with E-state index in [2.05, 4.69) is 54.6 Å². The van der Waals surface area contributed by atoms with Gasteiger partial charge in [-0.2, -0.15) is 10.2 Å². The van der Waals surface area contributed by atoms with Crippen molar-refractivity contribution in [3.63, 3.8) is 0 Å². The summed E-state index contributed by atoms with van der Waals surface area (Å²) in [5.41, 5.74) is 7.30. The maximum absolute atomic E-state index is 14.6. The zero-order chi connectivity index (χ0) is 58.9. The summed E-state index contributed by atoms with van der Waals surface area (Å²) >= 11 is 0. The van der Waals surface area contributed by atoms with Gasteiger partial charge in [0.05, 0.1) is 38.7 Å². The number of carbonyl (C=O) groups excluding carboxylic acids is 4. The molecule has 0 radical (unpaired) electrons. The number of hydrogen-bond donors (Lipinski definition) is 5. The Labute approximate surface area is 468 Å². The maximum Gasteiger partial charge on any atom is 0.270 e. The number of nitrogens with zero attached hydrogens (tertiary/aromatic N) is 6. The smallest absolute Gasteiger partial charge is 0.270 e. The molecule has 4 aromatic carbocycles. The molecule has 0 spiro atoms. The van der Waals surface area contributed by atoms with Crippen molar-refractivity contribution in [3.8, 4) is 11.5 Å². The van der Waals surface area contributed by atoms with Gasteiger partial charge >= 0.3 is 0 Å². The highest BCUT2D eigenvalue weighted by molar-refractivity contribution is 5.99. The molecule has 0 fully saturated rings. The third-order valence-electron chi connectivity index (χ3n) is 14.2. The van der Waals surface area contributed by atoms with Crippen LogP contribution in [-0.2, 0) is 30.7 Å². The second-order valence-corrected chi connectivity index (χ2v) is 20.6. The van der Waals surface area contributed by atoms with E-state index in [4.69, 9.17) is 14.2 Å². The number of ether oxygens (including phenoxy) is 3. The van der Waals surface area contributed by atoms with E-state index in [1.54, 1.807) is 6.07 Å². The molecule has 424 valence electrons. The van der Waals surface area contributed by atoms with Gasteiger partial charge in [0.2, 0.25) is 0 Å². The van der Waals surface area contributed by atoms with Gasteiger partial charge in [-0.1, -0.05) is 49.6 Å². The zero-order valence-corrected chi connectivity index (χ0v) is 45.9. The van der Waals surface area contributed by atoms with Gasteiger partial charge in [-0.25, -0.2) is 36.6 Å². The number of aliphatic hydroxyl groups excluding tert-OH is 1. The summed E-state index contributed by atoms with van der Waals surface area (Å²) in [6.07, 6.45) is 4.58. The number of carbonyl (C=O) groups is 4. The van der Waals surface area contributed by atoms with Gasteiger partial charge in [-0.3, -0.25) is 19.2 Å². The Morgan fingerprint density at radius 1 is 0.622 bits per heavy atom. The minimum Gasteiger partial charge on any atom is -0.508 e. The Kier molecular flexibility index (Phi) is 16.2. The number of aliphatic hydroxyl groups is 1. The van der Waals surface area contributed by atoms with Crippen LogP contribution in [0.25, 0.3) is 22.8 Å². The van der Waals surface area contributed by atoms with E-state index in [-0.39, 0.29) is 82.1 Å². The van der Waals surface area contributed by atoms with E-state index in [9.17, 15) is 41.8 Å². The summed E-state index contributed by atoms with van der Waals surface area (Å²) in [4.78, 5) is 61.1. The molecule has 82 heavy (non-hydrogen) atoms. The van der Waals surface area contributed by atoms with Gasteiger partial charge in [0, 0.05) is 36.3 Å². The number of halogens is 4. The van der Waals surface area contributed by atoms with Crippen LogP contribution < -0.4 is 30.7 Å². The highest BCUT2D eigenvalue weighted by atomic mass is 19.1. The molecule has 5 N–H and O–H groups in total. The number of hydrogen-bond acceptors (Lipinski definition) is 12. The van der Waals surface area contributed by atoms with E-state index in [1.807, 2.05) is 52.8 Å². The van der Waals surface area contributed by atoms with Crippen LogP contribution in [0.5, 0.6) is 11.5 Å². The molecule has 0 aliphatic heterocycles. The molecule has 0 saturated carbocycles. The standard InChI is InChI=1S/C32H33F2N5O4.C28H25F2N5O4/c1-17-20(18(2)43-32(3,4)5)8-9-22-21(17)10-12-25(22)38-31(41)27-14-26(37-29-24(34)16-36-39(27)29)30(40)35-15-19-7-11-23(33)28(13-19)42-6;1-14-17(15(2)36)5-6-19-18(14)7-9-22(19)34-28(38)24-11-23(33-26-21(30)13-32-35(24)26)27(37)31-12-16-4-8-20(29)25(10-16)39-3/h7-9,11,13-14,16,25H,2,10,12,15H2,1,3-6H3,(H,35,40)(H,38,41);4-6,8,10-11,13,22,36H,2,7,9,12H2,1,3H3,(H,31,37)(H,34,38)/t25-;22-/m00/s1. The SMILES string of the molecule is C=C(O)c1ccc2c(c1C)CC[C@@H]2NC(=O)c1cc(C(=O)NCc2ccc(F)c(OC)c2)nc2c(F)cnn12.C=C(OC(C)(C)C)c1ccc2c(c1C)CC[C@@H]2NC(=O)c1cc(C(=O)NCc2ccc(F)c(OC)c2)nc2c(F)cnn12. The maximum atomic E-state index is 14.6. The van der Waals surface area contributed by atoms with Crippen molar-refractivity contribution in [2.24, 2.45) is 0 Å².